The molecule has 1 aliphatic rings. The molecule has 1 fully saturated rings. The van der Waals surface area contributed by atoms with Gasteiger partial charge in [0.2, 0.25) is 0 Å². The Hall–Kier alpha value is -1.92. The molecule has 0 spiro atoms. The number of fused-ring (bicyclic) bond motifs is 1. The number of methoxy groups -OCH3 is 1. The van der Waals surface area contributed by atoms with Crippen LogP contribution in [0.5, 0.6) is 0 Å². The van der Waals surface area contributed by atoms with Crippen molar-refractivity contribution in [1.82, 2.24) is 15.3 Å². The van der Waals surface area contributed by atoms with Crippen LogP contribution in [0.4, 0.5) is 0 Å². The third kappa shape index (κ3) is 2.32. The molecule has 19 heavy (non-hydrogen) atoms. The lowest BCUT2D eigenvalue weighted by molar-refractivity contribution is 0.0601. The van der Waals surface area contributed by atoms with Gasteiger partial charge < -0.3 is 19.8 Å². The summed E-state index contributed by atoms with van der Waals surface area (Å²) in [6.07, 6.45) is 0. The molecule has 1 saturated heterocycles. The normalized spacial score (nSPS) is 19.5. The highest BCUT2D eigenvalue weighted by molar-refractivity contribution is 5.93. The molecule has 2 aromatic rings. The van der Waals surface area contributed by atoms with E-state index >= 15 is 0 Å². The summed E-state index contributed by atoms with van der Waals surface area (Å²) in [5, 5.41) is 3.33. The lowest BCUT2D eigenvalue weighted by Crippen LogP contribution is -2.35. The Balaban J connectivity index is 1.93. The van der Waals surface area contributed by atoms with E-state index < -0.39 is 0 Å². The standard InChI is InChI=1S/C13H15N3O3/c1-18-13(17)8-2-3-9-10(6-8)16-12(15-9)11-7-19-5-4-14-11/h2-3,6,11,14H,4-5,7H2,1H3,(H,15,16)/t11-/m0/s1. The highest BCUT2D eigenvalue weighted by Gasteiger charge is 2.19. The molecule has 0 radical (unpaired) electrons. The summed E-state index contributed by atoms with van der Waals surface area (Å²) < 4.78 is 10.1. The fraction of sp³-hybridized carbons (Fsp3) is 0.385. The average Bonchev–Trinajstić information content (AvgIpc) is 2.90. The zero-order valence-electron chi connectivity index (χ0n) is 10.6. The number of morpholine rings is 1. The zero-order valence-corrected chi connectivity index (χ0v) is 10.6. The molecule has 100 valence electrons. The third-order valence-corrected chi connectivity index (χ3v) is 3.17. The number of imidazole rings is 1. The number of benzene rings is 1. The molecular weight excluding hydrogens is 246 g/mol. The Morgan fingerprint density at radius 1 is 1.53 bits per heavy atom. The Morgan fingerprint density at radius 3 is 3.16 bits per heavy atom. The van der Waals surface area contributed by atoms with Gasteiger partial charge in [0, 0.05) is 6.54 Å². The SMILES string of the molecule is COC(=O)c1ccc2nc([C@@H]3COCCN3)[nH]c2c1. The van der Waals surface area contributed by atoms with E-state index in [1.807, 2.05) is 6.07 Å². The smallest absolute Gasteiger partial charge is 0.337 e. The summed E-state index contributed by atoms with van der Waals surface area (Å²) in [7, 11) is 1.37. The highest BCUT2D eigenvalue weighted by atomic mass is 16.5. The number of nitrogens with one attached hydrogen (secondary N) is 2. The second kappa shape index (κ2) is 4.99. The fourth-order valence-corrected chi connectivity index (χ4v) is 2.18. The van der Waals surface area contributed by atoms with Gasteiger partial charge in [0.15, 0.2) is 0 Å². The van der Waals surface area contributed by atoms with E-state index in [-0.39, 0.29) is 12.0 Å². The number of carbonyl (C=O) groups excluding carboxylic acids is 1. The Labute approximate surface area is 110 Å². The molecule has 6 heteroatoms. The first-order valence-electron chi connectivity index (χ1n) is 6.17. The summed E-state index contributed by atoms with van der Waals surface area (Å²) in [6.45, 7) is 2.14. The average molecular weight is 261 g/mol. The number of nitrogens with zero attached hydrogens (tertiary/aromatic N) is 1. The molecule has 0 amide bonds. The van der Waals surface area contributed by atoms with Crippen LogP contribution in [0.15, 0.2) is 18.2 Å². The number of rotatable bonds is 2. The molecule has 3 rings (SSSR count). The minimum absolute atomic E-state index is 0.0720. The number of aromatic nitrogens is 2. The summed E-state index contributed by atoms with van der Waals surface area (Å²) in [5.41, 5.74) is 2.17. The Morgan fingerprint density at radius 2 is 2.42 bits per heavy atom. The summed E-state index contributed by atoms with van der Waals surface area (Å²) in [5.74, 6) is 0.480. The largest absolute Gasteiger partial charge is 0.465 e. The lowest BCUT2D eigenvalue weighted by Gasteiger charge is -2.21. The second-order valence-electron chi connectivity index (χ2n) is 4.43. The van der Waals surface area contributed by atoms with Crippen LogP contribution in [0.2, 0.25) is 0 Å². The third-order valence-electron chi connectivity index (χ3n) is 3.17. The summed E-state index contributed by atoms with van der Waals surface area (Å²) in [6, 6.07) is 5.35. The number of aromatic amines is 1. The topological polar surface area (TPSA) is 76.2 Å². The molecule has 2 heterocycles. The quantitative estimate of drug-likeness (QED) is 0.789. The molecular formula is C13H15N3O3. The van der Waals surface area contributed by atoms with Gasteiger partial charge in [0.1, 0.15) is 5.82 Å². The monoisotopic (exact) mass is 261 g/mol. The van der Waals surface area contributed by atoms with Gasteiger partial charge in [-0.25, -0.2) is 9.78 Å². The molecule has 1 aliphatic heterocycles. The van der Waals surface area contributed by atoms with Crippen LogP contribution >= 0.6 is 0 Å². The minimum atomic E-state index is -0.350. The van der Waals surface area contributed by atoms with Crippen molar-refractivity contribution in [3.8, 4) is 0 Å². The molecule has 2 N–H and O–H groups in total. The Bertz CT molecular complexity index is 602. The van der Waals surface area contributed by atoms with Crippen LogP contribution in [0, 0.1) is 0 Å². The van der Waals surface area contributed by atoms with Gasteiger partial charge in [-0.15, -0.1) is 0 Å². The maximum Gasteiger partial charge on any atom is 0.337 e. The van der Waals surface area contributed by atoms with Crippen molar-refractivity contribution in [2.24, 2.45) is 0 Å². The predicted octanol–water partition coefficient (Wildman–Crippen LogP) is 1.01. The maximum absolute atomic E-state index is 11.5. The predicted molar refractivity (Wildman–Crippen MR) is 69.0 cm³/mol. The van der Waals surface area contributed by atoms with Crippen LogP contribution in [0.1, 0.15) is 22.2 Å². The summed E-state index contributed by atoms with van der Waals surface area (Å²) >= 11 is 0. The van der Waals surface area contributed by atoms with Crippen LogP contribution in [0.3, 0.4) is 0 Å². The fourth-order valence-electron chi connectivity index (χ4n) is 2.18. The first kappa shape index (κ1) is 12.1. The molecule has 1 aromatic heterocycles. The van der Waals surface area contributed by atoms with Crippen LogP contribution in [-0.2, 0) is 9.47 Å². The highest BCUT2D eigenvalue weighted by Crippen LogP contribution is 2.19. The Kier molecular flexibility index (Phi) is 3.18. The van der Waals surface area contributed by atoms with Gasteiger partial charge in [-0.1, -0.05) is 0 Å². The van der Waals surface area contributed by atoms with Crippen molar-refractivity contribution >= 4 is 17.0 Å². The molecule has 0 aliphatic carbocycles. The van der Waals surface area contributed by atoms with Crippen molar-refractivity contribution in [3.63, 3.8) is 0 Å². The van der Waals surface area contributed by atoms with Crippen LogP contribution in [0.25, 0.3) is 11.0 Å². The minimum Gasteiger partial charge on any atom is -0.465 e. The van der Waals surface area contributed by atoms with E-state index in [1.165, 1.54) is 7.11 Å². The molecule has 0 bridgehead atoms. The first-order valence-corrected chi connectivity index (χ1v) is 6.17. The lowest BCUT2D eigenvalue weighted by atomic mass is 10.2. The van der Waals surface area contributed by atoms with Crippen molar-refractivity contribution in [1.29, 1.82) is 0 Å². The number of H-pyrrole nitrogens is 1. The van der Waals surface area contributed by atoms with Crippen molar-refractivity contribution in [2.45, 2.75) is 6.04 Å². The van der Waals surface area contributed by atoms with Gasteiger partial charge in [-0.3, -0.25) is 0 Å². The van der Waals surface area contributed by atoms with Gasteiger partial charge in [0.25, 0.3) is 0 Å². The second-order valence-corrected chi connectivity index (χ2v) is 4.43. The molecule has 6 nitrogen and oxygen atoms in total. The van der Waals surface area contributed by atoms with Crippen molar-refractivity contribution in [3.05, 3.63) is 29.6 Å². The molecule has 0 saturated carbocycles. The number of ether oxygens (including phenoxy) is 2. The van der Waals surface area contributed by atoms with Crippen LogP contribution in [-0.4, -0.2) is 42.8 Å². The van der Waals surface area contributed by atoms with E-state index in [0.717, 1.165) is 30.0 Å². The van der Waals surface area contributed by atoms with E-state index in [0.29, 0.717) is 12.2 Å². The number of hydrogen-bond donors (Lipinski definition) is 2. The van der Waals surface area contributed by atoms with Gasteiger partial charge in [-0.05, 0) is 18.2 Å². The zero-order chi connectivity index (χ0) is 13.2. The van der Waals surface area contributed by atoms with Crippen molar-refractivity contribution < 1.29 is 14.3 Å². The van der Waals surface area contributed by atoms with E-state index in [4.69, 9.17) is 9.47 Å². The number of esters is 1. The van der Waals surface area contributed by atoms with E-state index in [9.17, 15) is 4.79 Å². The molecule has 0 unspecified atom stereocenters. The first-order chi connectivity index (χ1) is 9.28. The van der Waals surface area contributed by atoms with Crippen molar-refractivity contribution in [2.75, 3.05) is 26.9 Å². The molecule has 1 aromatic carbocycles. The van der Waals surface area contributed by atoms with E-state index in [2.05, 4.69) is 15.3 Å². The molecule has 1 atom stereocenters. The van der Waals surface area contributed by atoms with E-state index in [1.54, 1.807) is 12.1 Å². The van der Waals surface area contributed by atoms with Crippen LogP contribution < -0.4 is 5.32 Å². The summed E-state index contributed by atoms with van der Waals surface area (Å²) in [4.78, 5) is 19.2. The van der Waals surface area contributed by atoms with Gasteiger partial charge in [0.05, 0.1) is 43.0 Å². The maximum atomic E-state index is 11.5. The number of hydrogen-bond acceptors (Lipinski definition) is 5. The van der Waals surface area contributed by atoms with Gasteiger partial charge in [-0.2, -0.15) is 0 Å². The number of carbonyl (C=O) groups is 1. The van der Waals surface area contributed by atoms with Gasteiger partial charge >= 0.3 is 5.97 Å².